The number of nitrogens with zero attached hydrogens (tertiary/aromatic N) is 1. The van der Waals surface area contributed by atoms with Gasteiger partial charge >= 0.3 is 5.97 Å². The maximum Gasteiger partial charge on any atom is 0.303 e. The van der Waals surface area contributed by atoms with Gasteiger partial charge < -0.3 is 4.74 Å². The van der Waals surface area contributed by atoms with Crippen molar-refractivity contribution in [3.63, 3.8) is 0 Å². The number of hydrogen-bond acceptors (Lipinski definition) is 3. The minimum absolute atomic E-state index is 0.330. The highest BCUT2D eigenvalue weighted by Crippen LogP contribution is 2.13. The lowest BCUT2D eigenvalue weighted by molar-refractivity contribution is -0.144. The lowest BCUT2D eigenvalue weighted by atomic mass is 10.1. The van der Waals surface area contributed by atoms with E-state index in [1.165, 1.54) is 6.92 Å². The molecule has 0 fully saturated rings. The van der Waals surface area contributed by atoms with E-state index in [9.17, 15) is 4.79 Å². The number of esters is 1. The molecule has 0 aromatic rings. The van der Waals surface area contributed by atoms with Crippen LogP contribution in [0.3, 0.4) is 0 Å². The number of ether oxygens (including phenoxy) is 1. The molecule has 0 radical (unpaired) electrons. The van der Waals surface area contributed by atoms with Crippen LogP contribution in [0.5, 0.6) is 0 Å². The van der Waals surface area contributed by atoms with Crippen LogP contribution in [0.1, 0.15) is 39.5 Å². The van der Waals surface area contributed by atoms with E-state index in [-0.39, 0.29) is 5.97 Å². The minimum atomic E-state index is -0.427. The molecule has 0 N–H and O–H groups in total. The minimum Gasteiger partial charge on any atom is -0.457 e. The lowest BCUT2D eigenvalue weighted by Crippen LogP contribution is -2.17. The molecule has 0 aliphatic carbocycles. The van der Waals surface area contributed by atoms with E-state index in [0.29, 0.717) is 12.0 Å². The first kappa shape index (κ1) is 12.7. The molecule has 1 unspecified atom stereocenters. The maximum atomic E-state index is 10.7. The molecule has 1 atom stereocenters. The summed E-state index contributed by atoms with van der Waals surface area (Å²) >= 11 is 0. The van der Waals surface area contributed by atoms with Crippen molar-refractivity contribution in [2.24, 2.45) is 0 Å². The number of unbranched alkanes of at least 4 members (excludes halogenated alkanes) is 2. The van der Waals surface area contributed by atoms with E-state index in [1.807, 2.05) is 6.07 Å². The number of carbonyl (C=O) groups excluding carboxylic acids is 1. The summed E-state index contributed by atoms with van der Waals surface area (Å²) in [6.07, 6.45) is 3.40. The van der Waals surface area contributed by atoms with Gasteiger partial charge in [-0.25, -0.2) is 0 Å². The van der Waals surface area contributed by atoms with Crippen molar-refractivity contribution < 1.29 is 9.53 Å². The molecule has 0 aliphatic rings. The van der Waals surface area contributed by atoms with Gasteiger partial charge in [-0.3, -0.25) is 4.79 Å². The van der Waals surface area contributed by atoms with Crippen LogP contribution in [0.2, 0.25) is 0 Å². The average Bonchev–Trinajstić information content (AvgIpc) is 2.15. The molecule has 0 rings (SSSR count). The fourth-order valence-corrected chi connectivity index (χ4v) is 1.16. The first-order valence-electron chi connectivity index (χ1n) is 4.88. The molecule has 0 heterocycles. The first-order valence-corrected chi connectivity index (χ1v) is 4.88. The van der Waals surface area contributed by atoms with Gasteiger partial charge in [0.25, 0.3) is 0 Å². The smallest absolute Gasteiger partial charge is 0.303 e. The first-order chi connectivity index (χ1) is 6.61. The van der Waals surface area contributed by atoms with Crippen molar-refractivity contribution in [2.45, 2.75) is 45.6 Å². The van der Waals surface area contributed by atoms with Gasteiger partial charge in [0.05, 0.1) is 11.6 Å². The summed E-state index contributed by atoms with van der Waals surface area (Å²) in [6, 6.07) is 1.93. The molecule has 0 bridgehead atoms. The monoisotopic (exact) mass is 195 g/mol. The molecule has 78 valence electrons. The SMILES string of the molecule is C=C(C#N)C(CCCCC)OC(C)=O. The zero-order valence-corrected chi connectivity index (χ0v) is 8.88. The zero-order valence-electron chi connectivity index (χ0n) is 8.88. The second kappa shape index (κ2) is 7.14. The highest BCUT2D eigenvalue weighted by atomic mass is 16.5. The Kier molecular flexibility index (Phi) is 6.47. The molecule has 3 heteroatoms. The summed E-state index contributed by atoms with van der Waals surface area (Å²) < 4.78 is 4.99. The van der Waals surface area contributed by atoms with Crippen LogP contribution in [0, 0.1) is 11.3 Å². The molecule has 0 saturated carbocycles. The highest BCUT2D eigenvalue weighted by Gasteiger charge is 2.14. The van der Waals surface area contributed by atoms with Gasteiger partial charge in [-0.05, 0) is 12.8 Å². The van der Waals surface area contributed by atoms with Crippen molar-refractivity contribution in [1.82, 2.24) is 0 Å². The fraction of sp³-hybridized carbons (Fsp3) is 0.636. The molecule has 3 nitrogen and oxygen atoms in total. The van der Waals surface area contributed by atoms with Gasteiger partial charge in [-0.2, -0.15) is 5.26 Å². The van der Waals surface area contributed by atoms with Crippen molar-refractivity contribution in [2.75, 3.05) is 0 Å². The Labute approximate surface area is 85.4 Å². The van der Waals surface area contributed by atoms with E-state index in [1.54, 1.807) is 0 Å². The number of nitriles is 1. The van der Waals surface area contributed by atoms with Crippen molar-refractivity contribution in [3.8, 4) is 6.07 Å². The average molecular weight is 195 g/mol. The van der Waals surface area contributed by atoms with E-state index in [2.05, 4.69) is 13.5 Å². The fourth-order valence-electron chi connectivity index (χ4n) is 1.16. The molecule has 0 aromatic carbocycles. The van der Waals surface area contributed by atoms with Crippen LogP contribution in [-0.2, 0) is 9.53 Å². The molecule has 0 amide bonds. The molecular formula is C11H17NO2. The largest absolute Gasteiger partial charge is 0.457 e. The Morgan fingerprint density at radius 1 is 1.57 bits per heavy atom. The Bertz CT molecular complexity index is 240. The maximum absolute atomic E-state index is 10.7. The lowest BCUT2D eigenvalue weighted by Gasteiger charge is -2.14. The molecule has 0 aliphatic heterocycles. The van der Waals surface area contributed by atoms with Gasteiger partial charge in [-0.15, -0.1) is 0 Å². The number of hydrogen-bond donors (Lipinski definition) is 0. The summed E-state index contributed by atoms with van der Waals surface area (Å²) in [5.74, 6) is -0.358. The van der Waals surface area contributed by atoms with Gasteiger partial charge in [0.2, 0.25) is 0 Å². The second-order valence-corrected chi connectivity index (χ2v) is 3.23. The summed E-state index contributed by atoms with van der Waals surface area (Å²) in [5, 5.41) is 8.63. The van der Waals surface area contributed by atoms with E-state index < -0.39 is 6.10 Å². The molecule has 0 spiro atoms. The Hall–Kier alpha value is -1.30. The molecule has 0 saturated heterocycles. The Morgan fingerprint density at radius 2 is 2.21 bits per heavy atom. The van der Waals surface area contributed by atoms with Crippen LogP contribution in [0.25, 0.3) is 0 Å². The van der Waals surface area contributed by atoms with Gasteiger partial charge in [0.1, 0.15) is 6.10 Å². The second-order valence-electron chi connectivity index (χ2n) is 3.23. The Morgan fingerprint density at radius 3 is 2.64 bits per heavy atom. The van der Waals surface area contributed by atoms with Crippen molar-refractivity contribution in [3.05, 3.63) is 12.2 Å². The standard InChI is InChI=1S/C11H17NO2/c1-4-5-6-7-11(9(2)8-12)14-10(3)13/h11H,2,4-7H2,1,3H3. The van der Waals surface area contributed by atoms with Gasteiger partial charge in [-0.1, -0.05) is 26.3 Å². The Balaban J connectivity index is 4.05. The predicted octanol–water partition coefficient (Wildman–Crippen LogP) is 2.58. The number of rotatable bonds is 6. The molecular weight excluding hydrogens is 178 g/mol. The number of carbonyl (C=O) groups is 1. The van der Waals surface area contributed by atoms with Crippen LogP contribution in [0.15, 0.2) is 12.2 Å². The van der Waals surface area contributed by atoms with Crippen LogP contribution in [0.4, 0.5) is 0 Å². The van der Waals surface area contributed by atoms with Gasteiger partial charge in [0.15, 0.2) is 0 Å². The summed E-state index contributed by atoms with van der Waals surface area (Å²) in [4.78, 5) is 10.7. The van der Waals surface area contributed by atoms with Crippen molar-refractivity contribution in [1.29, 1.82) is 5.26 Å². The topological polar surface area (TPSA) is 50.1 Å². The quantitative estimate of drug-likeness (QED) is 0.372. The summed E-state index contributed by atoms with van der Waals surface area (Å²) in [5.41, 5.74) is 0.330. The third-order valence-corrected chi connectivity index (χ3v) is 1.91. The van der Waals surface area contributed by atoms with Gasteiger partial charge in [0, 0.05) is 6.92 Å². The predicted molar refractivity (Wildman–Crippen MR) is 54.4 cm³/mol. The third kappa shape index (κ3) is 5.36. The summed E-state index contributed by atoms with van der Waals surface area (Å²) in [7, 11) is 0. The third-order valence-electron chi connectivity index (χ3n) is 1.91. The van der Waals surface area contributed by atoms with Crippen LogP contribution in [-0.4, -0.2) is 12.1 Å². The van der Waals surface area contributed by atoms with Crippen LogP contribution >= 0.6 is 0 Å². The van der Waals surface area contributed by atoms with E-state index in [4.69, 9.17) is 10.00 Å². The van der Waals surface area contributed by atoms with E-state index >= 15 is 0 Å². The highest BCUT2D eigenvalue weighted by molar-refractivity contribution is 5.66. The normalized spacial score (nSPS) is 11.5. The summed E-state index contributed by atoms with van der Waals surface area (Å²) in [6.45, 7) is 7.01. The van der Waals surface area contributed by atoms with Crippen LogP contribution < -0.4 is 0 Å². The van der Waals surface area contributed by atoms with Crippen molar-refractivity contribution >= 4 is 5.97 Å². The molecule has 14 heavy (non-hydrogen) atoms. The zero-order chi connectivity index (χ0) is 11.0. The molecule has 0 aromatic heterocycles. The van der Waals surface area contributed by atoms with E-state index in [0.717, 1.165) is 19.3 Å².